The summed E-state index contributed by atoms with van der Waals surface area (Å²) in [5.74, 6) is 0.167. The molecule has 2 heterocycles. The fourth-order valence-corrected chi connectivity index (χ4v) is 3.23. The van der Waals surface area contributed by atoms with Gasteiger partial charge in [0.15, 0.2) is 0 Å². The summed E-state index contributed by atoms with van der Waals surface area (Å²) in [6.07, 6.45) is 4.36. The highest BCUT2D eigenvalue weighted by Crippen LogP contribution is 2.12. The maximum absolute atomic E-state index is 12.3. The highest BCUT2D eigenvalue weighted by molar-refractivity contribution is 7.08. The lowest BCUT2D eigenvalue weighted by atomic mass is 10.2. The molecule has 0 saturated carbocycles. The van der Waals surface area contributed by atoms with Crippen LogP contribution in [0.5, 0.6) is 0 Å². The van der Waals surface area contributed by atoms with Crippen molar-refractivity contribution in [2.45, 2.75) is 0 Å². The molecule has 0 unspecified atom stereocenters. The minimum Gasteiger partial charge on any atom is -0.336 e. The fourth-order valence-electron chi connectivity index (χ4n) is 2.60. The average molecular weight is 312 g/mol. The van der Waals surface area contributed by atoms with Crippen molar-refractivity contribution >= 4 is 23.3 Å². The highest BCUT2D eigenvalue weighted by Gasteiger charge is 2.21. The standard InChI is InChI=1S/C18H20N2OS/c21-18(17-8-14-22-15-17)20-12-10-19(11-13-20)9-4-7-16-5-2-1-3-6-16/h1-8,14-15H,9-13H2/b7-4+. The van der Waals surface area contributed by atoms with Gasteiger partial charge in [-0.05, 0) is 17.0 Å². The van der Waals surface area contributed by atoms with Gasteiger partial charge in [-0.1, -0.05) is 42.5 Å². The second kappa shape index (κ2) is 7.38. The van der Waals surface area contributed by atoms with Gasteiger partial charge in [0.2, 0.25) is 0 Å². The van der Waals surface area contributed by atoms with Crippen LogP contribution in [-0.2, 0) is 0 Å². The molecule has 0 N–H and O–H groups in total. The summed E-state index contributed by atoms with van der Waals surface area (Å²) in [6.45, 7) is 4.45. The van der Waals surface area contributed by atoms with Crippen LogP contribution < -0.4 is 0 Å². The van der Waals surface area contributed by atoms with E-state index in [4.69, 9.17) is 0 Å². The lowest BCUT2D eigenvalue weighted by Gasteiger charge is -2.34. The Morgan fingerprint density at radius 3 is 2.55 bits per heavy atom. The molecule has 0 atom stereocenters. The number of carbonyl (C=O) groups excluding carboxylic acids is 1. The van der Waals surface area contributed by atoms with Gasteiger partial charge < -0.3 is 4.90 Å². The number of rotatable bonds is 4. The molecule has 1 saturated heterocycles. The first-order valence-corrected chi connectivity index (χ1v) is 8.52. The van der Waals surface area contributed by atoms with Gasteiger partial charge in [-0.15, -0.1) is 0 Å². The molecule has 114 valence electrons. The summed E-state index contributed by atoms with van der Waals surface area (Å²) in [4.78, 5) is 16.6. The molecule has 0 bridgehead atoms. The van der Waals surface area contributed by atoms with Gasteiger partial charge in [-0.25, -0.2) is 0 Å². The molecule has 1 aromatic carbocycles. The van der Waals surface area contributed by atoms with Gasteiger partial charge in [0.25, 0.3) is 5.91 Å². The Bertz CT molecular complexity index is 614. The van der Waals surface area contributed by atoms with Crippen molar-refractivity contribution in [2.24, 2.45) is 0 Å². The number of carbonyl (C=O) groups is 1. The van der Waals surface area contributed by atoms with Crippen LogP contribution in [-0.4, -0.2) is 48.4 Å². The van der Waals surface area contributed by atoms with Crippen LogP contribution in [0.3, 0.4) is 0 Å². The molecule has 0 aliphatic carbocycles. The molecule has 0 spiro atoms. The summed E-state index contributed by atoms with van der Waals surface area (Å²) < 4.78 is 0. The number of hydrogen-bond acceptors (Lipinski definition) is 3. The Morgan fingerprint density at radius 1 is 1.09 bits per heavy atom. The van der Waals surface area contributed by atoms with Crippen molar-refractivity contribution in [3.8, 4) is 0 Å². The Hall–Kier alpha value is -1.91. The van der Waals surface area contributed by atoms with E-state index in [-0.39, 0.29) is 5.91 Å². The fraction of sp³-hybridized carbons (Fsp3) is 0.278. The third-order valence-corrected chi connectivity index (χ3v) is 4.58. The van der Waals surface area contributed by atoms with Crippen LogP contribution in [0.4, 0.5) is 0 Å². The van der Waals surface area contributed by atoms with Gasteiger partial charge in [0.1, 0.15) is 0 Å². The maximum Gasteiger partial charge on any atom is 0.254 e. The average Bonchev–Trinajstić information content (AvgIpc) is 3.10. The number of piperazine rings is 1. The lowest BCUT2D eigenvalue weighted by Crippen LogP contribution is -2.48. The van der Waals surface area contributed by atoms with E-state index in [0.29, 0.717) is 0 Å². The SMILES string of the molecule is O=C(c1ccsc1)N1CCN(C/C=C/c2ccccc2)CC1. The Morgan fingerprint density at radius 2 is 1.86 bits per heavy atom. The molecule has 3 nitrogen and oxygen atoms in total. The summed E-state index contributed by atoms with van der Waals surface area (Å²) in [7, 11) is 0. The summed E-state index contributed by atoms with van der Waals surface area (Å²) in [5.41, 5.74) is 2.05. The zero-order valence-corrected chi connectivity index (χ0v) is 13.3. The molecule has 1 aliphatic rings. The van der Waals surface area contributed by atoms with Crippen LogP contribution in [0.15, 0.2) is 53.2 Å². The van der Waals surface area contributed by atoms with Crippen molar-refractivity contribution in [1.82, 2.24) is 9.80 Å². The van der Waals surface area contributed by atoms with E-state index in [9.17, 15) is 4.79 Å². The minimum absolute atomic E-state index is 0.167. The Balaban J connectivity index is 1.46. The van der Waals surface area contributed by atoms with Gasteiger partial charge in [-0.2, -0.15) is 11.3 Å². The third kappa shape index (κ3) is 3.84. The number of amides is 1. The highest BCUT2D eigenvalue weighted by atomic mass is 32.1. The smallest absolute Gasteiger partial charge is 0.254 e. The number of hydrogen-bond donors (Lipinski definition) is 0. The number of benzene rings is 1. The largest absolute Gasteiger partial charge is 0.336 e. The third-order valence-electron chi connectivity index (χ3n) is 3.90. The van der Waals surface area contributed by atoms with Crippen LogP contribution in [0.25, 0.3) is 6.08 Å². The van der Waals surface area contributed by atoms with Crippen molar-refractivity contribution in [1.29, 1.82) is 0 Å². The second-order valence-electron chi connectivity index (χ2n) is 5.42. The molecule has 1 aromatic heterocycles. The molecule has 1 amide bonds. The van der Waals surface area contributed by atoms with E-state index in [1.165, 1.54) is 5.56 Å². The van der Waals surface area contributed by atoms with E-state index in [1.54, 1.807) is 11.3 Å². The normalized spacial score (nSPS) is 16.3. The predicted molar refractivity (Wildman–Crippen MR) is 92.1 cm³/mol. The van der Waals surface area contributed by atoms with Crippen molar-refractivity contribution in [3.05, 3.63) is 64.4 Å². The number of nitrogens with zero attached hydrogens (tertiary/aromatic N) is 2. The summed E-state index contributed by atoms with van der Waals surface area (Å²) in [6, 6.07) is 12.2. The van der Waals surface area contributed by atoms with E-state index in [2.05, 4.69) is 41.3 Å². The van der Waals surface area contributed by atoms with Crippen LogP contribution in [0.1, 0.15) is 15.9 Å². The first-order valence-electron chi connectivity index (χ1n) is 7.58. The lowest BCUT2D eigenvalue weighted by molar-refractivity contribution is 0.0651. The zero-order chi connectivity index (χ0) is 15.2. The zero-order valence-electron chi connectivity index (χ0n) is 12.5. The van der Waals surface area contributed by atoms with Gasteiger partial charge in [0.05, 0.1) is 5.56 Å². The van der Waals surface area contributed by atoms with Crippen molar-refractivity contribution < 1.29 is 4.79 Å². The molecule has 1 fully saturated rings. The Kier molecular flexibility index (Phi) is 5.03. The summed E-state index contributed by atoms with van der Waals surface area (Å²) in [5, 5.41) is 3.88. The molecule has 2 aromatic rings. The van der Waals surface area contributed by atoms with E-state index in [1.807, 2.05) is 27.8 Å². The molecule has 0 radical (unpaired) electrons. The minimum atomic E-state index is 0.167. The maximum atomic E-state index is 12.3. The van der Waals surface area contributed by atoms with Crippen LogP contribution in [0.2, 0.25) is 0 Å². The van der Waals surface area contributed by atoms with Crippen LogP contribution >= 0.6 is 11.3 Å². The first kappa shape index (κ1) is 15.0. The number of thiophene rings is 1. The van der Waals surface area contributed by atoms with E-state index >= 15 is 0 Å². The monoisotopic (exact) mass is 312 g/mol. The van der Waals surface area contributed by atoms with E-state index in [0.717, 1.165) is 38.3 Å². The molecule has 1 aliphatic heterocycles. The van der Waals surface area contributed by atoms with Crippen molar-refractivity contribution in [3.63, 3.8) is 0 Å². The molecular weight excluding hydrogens is 292 g/mol. The topological polar surface area (TPSA) is 23.6 Å². The summed E-state index contributed by atoms with van der Waals surface area (Å²) >= 11 is 1.57. The Labute approximate surface area is 135 Å². The van der Waals surface area contributed by atoms with Gasteiger partial charge in [0, 0.05) is 38.1 Å². The quantitative estimate of drug-likeness (QED) is 0.865. The predicted octanol–water partition coefficient (Wildman–Crippen LogP) is 3.22. The van der Waals surface area contributed by atoms with Gasteiger partial charge >= 0.3 is 0 Å². The van der Waals surface area contributed by atoms with Crippen LogP contribution in [0, 0.1) is 0 Å². The molecular formula is C18H20N2OS. The first-order chi connectivity index (χ1) is 10.8. The molecule has 4 heteroatoms. The van der Waals surface area contributed by atoms with Gasteiger partial charge in [-0.3, -0.25) is 9.69 Å². The van der Waals surface area contributed by atoms with E-state index < -0.39 is 0 Å². The second-order valence-corrected chi connectivity index (χ2v) is 6.20. The molecule has 3 rings (SSSR count). The molecule has 22 heavy (non-hydrogen) atoms. The van der Waals surface area contributed by atoms with Crippen molar-refractivity contribution in [2.75, 3.05) is 32.7 Å².